The summed E-state index contributed by atoms with van der Waals surface area (Å²) < 4.78 is 4.37. The van der Waals surface area contributed by atoms with E-state index >= 15 is 0 Å². The van der Waals surface area contributed by atoms with E-state index in [1.165, 1.54) is 11.1 Å². The van der Waals surface area contributed by atoms with E-state index in [0.29, 0.717) is 0 Å². The predicted molar refractivity (Wildman–Crippen MR) is 154 cm³/mol. The Labute approximate surface area is 218 Å². The Morgan fingerprint density at radius 1 is 0.421 bits per heavy atom. The lowest BCUT2D eigenvalue weighted by Gasteiger charge is -2.09. The highest BCUT2D eigenvalue weighted by Gasteiger charge is 2.21. The molecule has 0 amide bonds. The maximum Gasteiger partial charge on any atom is 0.168 e. The molecule has 38 heavy (non-hydrogen) atoms. The molecule has 5 nitrogen and oxygen atoms in total. The van der Waals surface area contributed by atoms with Crippen LogP contribution >= 0.6 is 0 Å². The predicted octanol–water partition coefficient (Wildman–Crippen LogP) is 7.73. The molecule has 4 heterocycles. The fourth-order valence-corrected chi connectivity index (χ4v) is 5.46. The number of benzene rings is 4. The molecule has 0 saturated heterocycles. The van der Waals surface area contributed by atoms with E-state index in [4.69, 9.17) is 15.0 Å². The molecule has 0 aliphatic heterocycles. The van der Waals surface area contributed by atoms with Gasteiger partial charge in [-0.25, -0.2) is 9.97 Å². The van der Waals surface area contributed by atoms with E-state index in [-0.39, 0.29) is 0 Å². The van der Waals surface area contributed by atoms with Crippen LogP contribution < -0.4 is 0 Å². The molecule has 0 atom stereocenters. The third-order valence-corrected chi connectivity index (χ3v) is 7.18. The van der Waals surface area contributed by atoms with Crippen molar-refractivity contribution in [3.63, 3.8) is 0 Å². The van der Waals surface area contributed by atoms with Gasteiger partial charge in [0.15, 0.2) is 11.3 Å². The SMILES string of the molecule is c1ccc(-c2ccc(-n3c4cccnc4c4nc5c6ccccc6n(-c6ccccc6)c5nc43)cc2)cc1. The minimum Gasteiger partial charge on any atom is -0.292 e. The van der Waals surface area contributed by atoms with Gasteiger partial charge in [0.1, 0.15) is 16.6 Å². The van der Waals surface area contributed by atoms with Gasteiger partial charge in [-0.1, -0.05) is 78.9 Å². The van der Waals surface area contributed by atoms with Crippen LogP contribution in [0.4, 0.5) is 0 Å². The molecule has 0 spiro atoms. The van der Waals surface area contributed by atoms with Crippen molar-refractivity contribution < 1.29 is 0 Å². The van der Waals surface area contributed by atoms with Crippen molar-refractivity contribution in [2.75, 3.05) is 0 Å². The second-order valence-corrected chi connectivity index (χ2v) is 9.38. The summed E-state index contributed by atoms with van der Waals surface area (Å²) in [4.78, 5) is 15.3. The molecule has 0 N–H and O–H groups in total. The number of hydrogen-bond acceptors (Lipinski definition) is 3. The van der Waals surface area contributed by atoms with Gasteiger partial charge < -0.3 is 0 Å². The Kier molecular flexibility index (Phi) is 4.45. The molecule has 0 unspecified atom stereocenters. The molecular weight excluding hydrogens is 466 g/mol. The summed E-state index contributed by atoms with van der Waals surface area (Å²) in [6, 6.07) is 41.8. The molecule has 4 aromatic heterocycles. The van der Waals surface area contributed by atoms with Crippen molar-refractivity contribution in [2.24, 2.45) is 0 Å². The summed E-state index contributed by atoms with van der Waals surface area (Å²) in [6.07, 6.45) is 1.82. The second kappa shape index (κ2) is 8.11. The lowest BCUT2D eigenvalue weighted by molar-refractivity contribution is 1.10. The Bertz CT molecular complexity index is 2110. The third kappa shape index (κ3) is 3.02. The van der Waals surface area contributed by atoms with Gasteiger partial charge in [-0.05, 0) is 53.6 Å². The molecule has 8 rings (SSSR count). The van der Waals surface area contributed by atoms with Gasteiger partial charge in [-0.3, -0.25) is 14.1 Å². The maximum absolute atomic E-state index is 5.31. The summed E-state index contributed by atoms with van der Waals surface area (Å²) in [7, 11) is 0. The molecule has 0 aliphatic rings. The number of nitrogens with zero attached hydrogens (tertiary/aromatic N) is 5. The van der Waals surface area contributed by atoms with Crippen LogP contribution in [0.3, 0.4) is 0 Å². The first-order chi connectivity index (χ1) is 18.9. The molecule has 0 radical (unpaired) electrons. The maximum atomic E-state index is 5.31. The second-order valence-electron chi connectivity index (χ2n) is 9.38. The molecule has 0 saturated carbocycles. The van der Waals surface area contributed by atoms with Gasteiger partial charge in [0.25, 0.3) is 0 Å². The number of fused-ring (bicyclic) bond motifs is 6. The molecular formula is C33H21N5. The van der Waals surface area contributed by atoms with Gasteiger partial charge in [-0.15, -0.1) is 0 Å². The van der Waals surface area contributed by atoms with Crippen molar-refractivity contribution in [1.82, 2.24) is 24.1 Å². The van der Waals surface area contributed by atoms with Crippen LogP contribution in [-0.4, -0.2) is 24.1 Å². The molecule has 4 aromatic carbocycles. The van der Waals surface area contributed by atoms with E-state index < -0.39 is 0 Å². The lowest BCUT2D eigenvalue weighted by atomic mass is 10.1. The van der Waals surface area contributed by atoms with Gasteiger partial charge in [0.2, 0.25) is 0 Å². The summed E-state index contributed by atoms with van der Waals surface area (Å²) in [5, 5.41) is 1.07. The fraction of sp³-hybridized carbons (Fsp3) is 0. The zero-order chi connectivity index (χ0) is 25.1. The topological polar surface area (TPSA) is 48.5 Å². The van der Waals surface area contributed by atoms with Crippen LogP contribution in [0, 0.1) is 0 Å². The highest BCUT2D eigenvalue weighted by Crippen LogP contribution is 2.35. The average Bonchev–Trinajstić information content (AvgIpc) is 3.49. The van der Waals surface area contributed by atoms with Crippen molar-refractivity contribution >= 4 is 44.3 Å². The number of hydrogen-bond donors (Lipinski definition) is 0. The Morgan fingerprint density at radius 3 is 1.84 bits per heavy atom. The van der Waals surface area contributed by atoms with E-state index in [9.17, 15) is 0 Å². The van der Waals surface area contributed by atoms with Gasteiger partial charge >= 0.3 is 0 Å². The zero-order valence-corrected chi connectivity index (χ0v) is 20.4. The van der Waals surface area contributed by atoms with Crippen molar-refractivity contribution in [2.45, 2.75) is 0 Å². The van der Waals surface area contributed by atoms with Crippen LogP contribution in [0.5, 0.6) is 0 Å². The lowest BCUT2D eigenvalue weighted by Crippen LogP contribution is -1.99. The van der Waals surface area contributed by atoms with E-state index in [0.717, 1.165) is 55.6 Å². The summed E-state index contributed by atoms with van der Waals surface area (Å²) in [5.74, 6) is 0. The molecule has 5 heteroatoms. The van der Waals surface area contributed by atoms with Crippen molar-refractivity contribution in [3.8, 4) is 22.5 Å². The van der Waals surface area contributed by atoms with Crippen LogP contribution in [0.1, 0.15) is 0 Å². The number of pyridine rings is 1. The van der Waals surface area contributed by atoms with E-state index in [1.54, 1.807) is 0 Å². The number of para-hydroxylation sites is 2. The summed E-state index contributed by atoms with van der Waals surface area (Å²) >= 11 is 0. The quantitative estimate of drug-likeness (QED) is 0.256. The highest BCUT2D eigenvalue weighted by molar-refractivity contribution is 6.11. The van der Waals surface area contributed by atoms with Crippen LogP contribution in [0.2, 0.25) is 0 Å². The zero-order valence-electron chi connectivity index (χ0n) is 20.4. The highest BCUT2D eigenvalue weighted by atomic mass is 15.1. The molecule has 178 valence electrons. The average molecular weight is 488 g/mol. The standard InChI is InChI=1S/C33H21N5/c1-3-10-22(11-4-1)23-17-19-25(20-18-23)38-28-16-9-21-34-30(28)31-33(38)36-32-29(35-31)26-14-7-8-15-27(26)37(32)24-12-5-2-6-13-24/h1-21H. The Hall–Kier alpha value is -5.29. The smallest absolute Gasteiger partial charge is 0.168 e. The first-order valence-corrected chi connectivity index (χ1v) is 12.6. The molecule has 8 aromatic rings. The Morgan fingerprint density at radius 2 is 1.03 bits per heavy atom. The summed E-state index contributed by atoms with van der Waals surface area (Å²) in [6.45, 7) is 0. The monoisotopic (exact) mass is 487 g/mol. The summed E-state index contributed by atoms with van der Waals surface area (Å²) in [5.41, 5.74) is 10.7. The first-order valence-electron chi connectivity index (χ1n) is 12.6. The largest absolute Gasteiger partial charge is 0.292 e. The van der Waals surface area contributed by atoms with Crippen molar-refractivity contribution in [1.29, 1.82) is 0 Å². The van der Waals surface area contributed by atoms with Gasteiger partial charge in [-0.2, -0.15) is 0 Å². The van der Waals surface area contributed by atoms with Gasteiger partial charge in [0.05, 0.1) is 11.0 Å². The van der Waals surface area contributed by atoms with Crippen molar-refractivity contribution in [3.05, 3.63) is 128 Å². The van der Waals surface area contributed by atoms with Gasteiger partial charge in [0, 0.05) is 23.0 Å². The molecule has 0 aliphatic carbocycles. The minimum atomic E-state index is 0.790. The van der Waals surface area contributed by atoms with E-state index in [1.807, 2.05) is 24.4 Å². The Balaban J connectivity index is 1.45. The number of rotatable bonds is 3. The van der Waals surface area contributed by atoms with Crippen LogP contribution in [-0.2, 0) is 0 Å². The molecule has 0 bridgehead atoms. The number of aromatic nitrogens is 5. The van der Waals surface area contributed by atoms with E-state index in [2.05, 4.69) is 112 Å². The van der Waals surface area contributed by atoms with Crippen LogP contribution in [0.25, 0.3) is 66.8 Å². The normalized spacial score (nSPS) is 11.7. The van der Waals surface area contributed by atoms with Crippen LogP contribution in [0.15, 0.2) is 128 Å². The third-order valence-electron chi connectivity index (χ3n) is 7.18. The molecule has 0 fully saturated rings. The minimum absolute atomic E-state index is 0.790. The first kappa shape index (κ1) is 20.9. The fourth-order valence-electron chi connectivity index (χ4n) is 5.46.